The summed E-state index contributed by atoms with van der Waals surface area (Å²) in [6.45, 7) is 6.94. The van der Waals surface area contributed by atoms with Crippen molar-refractivity contribution in [3.63, 3.8) is 0 Å². The van der Waals surface area contributed by atoms with Crippen molar-refractivity contribution in [3.8, 4) is 6.07 Å². The van der Waals surface area contributed by atoms with E-state index in [1.165, 1.54) is 0 Å². The largest absolute Gasteiger partial charge is 0.390 e. The molecular formula is C24H35NO4. The number of aliphatic hydroxyl groups excluding tert-OH is 1. The van der Waals surface area contributed by atoms with Crippen LogP contribution in [0.2, 0.25) is 0 Å². The predicted octanol–water partition coefficient (Wildman–Crippen LogP) is 3.68. The molecule has 4 aliphatic carbocycles. The van der Waals surface area contributed by atoms with Crippen LogP contribution in [-0.2, 0) is 14.3 Å². The lowest BCUT2D eigenvalue weighted by molar-refractivity contribution is -0.179. The van der Waals surface area contributed by atoms with Gasteiger partial charge in [0.2, 0.25) is 0 Å². The van der Waals surface area contributed by atoms with Crippen LogP contribution in [0, 0.1) is 51.8 Å². The monoisotopic (exact) mass is 401 g/mol. The maximum absolute atomic E-state index is 13.6. The molecule has 4 fully saturated rings. The lowest BCUT2D eigenvalue weighted by Crippen LogP contribution is -2.60. The molecule has 0 aromatic heterocycles. The first-order valence-electron chi connectivity index (χ1n) is 11.5. The first-order chi connectivity index (χ1) is 13.8. The third-order valence-corrected chi connectivity index (χ3v) is 9.37. The van der Waals surface area contributed by atoms with Gasteiger partial charge in [0, 0.05) is 24.9 Å². The van der Waals surface area contributed by atoms with Crippen LogP contribution >= 0.6 is 0 Å². The van der Waals surface area contributed by atoms with Crippen molar-refractivity contribution >= 4 is 11.6 Å². The van der Waals surface area contributed by atoms with Gasteiger partial charge in [0.05, 0.1) is 24.7 Å². The van der Waals surface area contributed by atoms with Crippen molar-refractivity contribution in [2.24, 2.45) is 40.4 Å². The summed E-state index contributed by atoms with van der Waals surface area (Å²) < 4.78 is 5.87. The lowest BCUT2D eigenvalue weighted by atomic mass is 9.44. The Labute approximate surface area is 174 Å². The third kappa shape index (κ3) is 3.10. The van der Waals surface area contributed by atoms with Gasteiger partial charge in [-0.25, -0.2) is 0 Å². The van der Waals surface area contributed by atoms with E-state index in [0.29, 0.717) is 36.6 Å². The van der Waals surface area contributed by atoms with E-state index < -0.39 is 6.10 Å². The van der Waals surface area contributed by atoms with E-state index in [1.807, 2.05) is 13.0 Å². The lowest BCUT2D eigenvalue weighted by Gasteiger charge is -2.60. The number of carbonyl (C=O) groups is 2. The summed E-state index contributed by atoms with van der Waals surface area (Å²) in [5, 5.41) is 19.6. The molecule has 9 atom stereocenters. The van der Waals surface area contributed by atoms with Crippen LogP contribution in [0.3, 0.4) is 0 Å². The highest BCUT2D eigenvalue weighted by Gasteiger charge is 2.64. The number of Topliss-reactive ketones (excluding diaryl/α,β-unsaturated/α-hetero) is 2. The van der Waals surface area contributed by atoms with Crippen LogP contribution in [-0.4, -0.2) is 35.5 Å². The Balaban J connectivity index is 1.64. The molecule has 0 unspecified atom stereocenters. The second-order valence-corrected chi connectivity index (χ2v) is 10.6. The van der Waals surface area contributed by atoms with Crippen molar-refractivity contribution in [2.45, 2.75) is 84.3 Å². The van der Waals surface area contributed by atoms with Crippen LogP contribution in [0.25, 0.3) is 0 Å². The number of rotatable bonds is 4. The van der Waals surface area contributed by atoms with Gasteiger partial charge in [0.15, 0.2) is 5.78 Å². The summed E-state index contributed by atoms with van der Waals surface area (Å²) in [5.74, 6) is 1.27. The summed E-state index contributed by atoms with van der Waals surface area (Å²) in [6, 6.07) is 2.02. The molecule has 0 bridgehead atoms. The Hall–Kier alpha value is -1.25. The minimum Gasteiger partial charge on any atom is -0.390 e. The molecule has 0 spiro atoms. The Morgan fingerprint density at radius 1 is 1.24 bits per heavy atom. The smallest absolute Gasteiger partial charge is 0.150 e. The molecule has 1 N–H and O–H groups in total. The summed E-state index contributed by atoms with van der Waals surface area (Å²) in [4.78, 5) is 26.3. The molecule has 0 saturated heterocycles. The summed E-state index contributed by atoms with van der Waals surface area (Å²) in [5.41, 5.74) is -0.419. The molecule has 0 amide bonds. The van der Waals surface area contributed by atoms with E-state index in [2.05, 4.69) is 13.8 Å². The van der Waals surface area contributed by atoms with Gasteiger partial charge in [-0.15, -0.1) is 0 Å². The van der Waals surface area contributed by atoms with Crippen LogP contribution in [0.15, 0.2) is 0 Å². The molecule has 0 aromatic carbocycles. The number of carbonyl (C=O) groups excluding carboxylic acids is 2. The zero-order valence-electron chi connectivity index (χ0n) is 18.0. The average Bonchev–Trinajstić information content (AvgIpc) is 2.99. The Morgan fingerprint density at radius 3 is 2.69 bits per heavy atom. The number of fused-ring (bicyclic) bond motifs is 5. The van der Waals surface area contributed by atoms with Crippen molar-refractivity contribution in [1.82, 2.24) is 0 Å². The second kappa shape index (κ2) is 7.46. The van der Waals surface area contributed by atoms with E-state index in [1.54, 1.807) is 0 Å². The van der Waals surface area contributed by atoms with E-state index in [-0.39, 0.29) is 41.0 Å². The minimum atomic E-state index is -0.437. The van der Waals surface area contributed by atoms with Gasteiger partial charge in [-0.1, -0.05) is 13.8 Å². The van der Waals surface area contributed by atoms with E-state index in [9.17, 15) is 14.7 Å². The minimum absolute atomic E-state index is 0.0135. The Morgan fingerprint density at radius 2 is 2.00 bits per heavy atom. The van der Waals surface area contributed by atoms with Crippen LogP contribution in [0.1, 0.15) is 72.1 Å². The summed E-state index contributed by atoms with van der Waals surface area (Å²) in [6.07, 6.45) is 5.15. The predicted molar refractivity (Wildman–Crippen MR) is 108 cm³/mol. The standard InChI is InChI=1S/C24H35NO4/c1-4-29-21-13-23(2)14(11-19(21)27)5-6-15-16-7-8-17(18(26)9-10-25)24(16,3)12-20(28)22(15)23/h14-17,19,21-22,27H,4-9,11-13H2,1-3H3/t14-,15-,16-,17+,19-,21-,22+,23-,24-/m0/s1. The van der Waals surface area contributed by atoms with Crippen molar-refractivity contribution in [1.29, 1.82) is 5.26 Å². The molecule has 4 saturated carbocycles. The number of ketones is 2. The molecule has 5 heteroatoms. The Bertz CT molecular complexity index is 729. The quantitative estimate of drug-likeness (QED) is 0.776. The van der Waals surface area contributed by atoms with Crippen molar-refractivity contribution < 1.29 is 19.4 Å². The highest BCUT2D eigenvalue weighted by atomic mass is 16.5. The number of ether oxygens (including phenoxy) is 1. The van der Waals surface area contributed by atoms with E-state index in [4.69, 9.17) is 10.00 Å². The van der Waals surface area contributed by atoms with Gasteiger partial charge in [-0.05, 0) is 74.0 Å². The fraction of sp³-hybridized carbons (Fsp3) is 0.875. The van der Waals surface area contributed by atoms with Gasteiger partial charge < -0.3 is 9.84 Å². The van der Waals surface area contributed by atoms with Gasteiger partial charge in [-0.3, -0.25) is 9.59 Å². The van der Waals surface area contributed by atoms with Gasteiger partial charge in [-0.2, -0.15) is 5.26 Å². The van der Waals surface area contributed by atoms with Crippen LogP contribution in [0.4, 0.5) is 0 Å². The SMILES string of the molecule is CCO[C@H]1C[C@@]2(C)[C@@H](CC[C@H]3[C@@H]4CC[C@H](C(=O)CC#N)[C@@]4(C)CC(=O)[C@@H]32)C[C@@H]1O. The first-order valence-corrected chi connectivity index (χ1v) is 11.5. The van der Waals surface area contributed by atoms with E-state index >= 15 is 0 Å². The highest BCUT2D eigenvalue weighted by molar-refractivity contribution is 5.88. The number of nitriles is 1. The average molecular weight is 402 g/mol. The summed E-state index contributed by atoms with van der Waals surface area (Å²) >= 11 is 0. The maximum atomic E-state index is 13.6. The number of hydrogen-bond acceptors (Lipinski definition) is 5. The first kappa shape index (κ1) is 21.0. The molecule has 0 aromatic rings. The normalized spacial score (nSPS) is 48.9. The fourth-order valence-electron chi connectivity index (χ4n) is 8.19. The Kier molecular flexibility index (Phi) is 5.40. The van der Waals surface area contributed by atoms with Crippen molar-refractivity contribution in [3.05, 3.63) is 0 Å². The maximum Gasteiger partial charge on any atom is 0.150 e. The van der Waals surface area contributed by atoms with E-state index in [0.717, 1.165) is 38.5 Å². The molecule has 0 radical (unpaired) electrons. The van der Waals surface area contributed by atoms with Crippen molar-refractivity contribution in [2.75, 3.05) is 6.61 Å². The molecular weight excluding hydrogens is 366 g/mol. The third-order valence-electron chi connectivity index (χ3n) is 9.37. The molecule has 4 aliphatic rings. The number of hydrogen-bond donors (Lipinski definition) is 1. The topological polar surface area (TPSA) is 87.4 Å². The van der Waals surface area contributed by atoms with Crippen LogP contribution < -0.4 is 0 Å². The molecule has 160 valence electrons. The molecule has 0 heterocycles. The molecule has 0 aliphatic heterocycles. The molecule has 4 rings (SSSR count). The number of nitrogens with zero attached hydrogens (tertiary/aromatic N) is 1. The highest BCUT2D eigenvalue weighted by Crippen LogP contribution is 2.66. The zero-order valence-corrected chi connectivity index (χ0v) is 18.0. The number of aliphatic hydroxyl groups is 1. The second-order valence-electron chi connectivity index (χ2n) is 10.6. The van der Waals surface area contributed by atoms with Crippen LogP contribution in [0.5, 0.6) is 0 Å². The molecule has 5 nitrogen and oxygen atoms in total. The summed E-state index contributed by atoms with van der Waals surface area (Å²) in [7, 11) is 0. The van der Waals surface area contributed by atoms with Gasteiger partial charge >= 0.3 is 0 Å². The van der Waals surface area contributed by atoms with Gasteiger partial charge in [0.1, 0.15) is 5.78 Å². The fourth-order valence-corrected chi connectivity index (χ4v) is 8.19. The zero-order chi connectivity index (χ0) is 21.0. The molecule has 29 heavy (non-hydrogen) atoms. The van der Waals surface area contributed by atoms with Gasteiger partial charge in [0.25, 0.3) is 0 Å².